The number of rotatable bonds is 3. The van der Waals surface area contributed by atoms with Crippen LogP contribution in [0.1, 0.15) is 15.9 Å². The number of anilines is 2. The van der Waals surface area contributed by atoms with Gasteiger partial charge in [-0.05, 0) is 48.9 Å². The van der Waals surface area contributed by atoms with Crippen LogP contribution in [0.3, 0.4) is 0 Å². The number of aryl methyl sites for hydroxylation is 1. The predicted molar refractivity (Wildman–Crippen MR) is 77.2 cm³/mol. The summed E-state index contributed by atoms with van der Waals surface area (Å²) >= 11 is 0. The van der Waals surface area contributed by atoms with E-state index in [9.17, 15) is 14.0 Å². The fourth-order valence-corrected chi connectivity index (χ4v) is 1.76. The number of aromatic carboxylic acids is 1. The van der Waals surface area contributed by atoms with Crippen LogP contribution in [0.4, 0.5) is 20.6 Å². The lowest BCUT2D eigenvalue weighted by atomic mass is 10.1. The molecule has 0 unspecified atom stereocenters. The molecule has 0 bridgehead atoms. The van der Waals surface area contributed by atoms with Gasteiger partial charge in [0.25, 0.3) is 0 Å². The van der Waals surface area contributed by atoms with Crippen LogP contribution in [-0.2, 0) is 0 Å². The molecule has 0 aromatic heterocycles. The van der Waals surface area contributed by atoms with E-state index >= 15 is 0 Å². The van der Waals surface area contributed by atoms with Crippen molar-refractivity contribution in [2.75, 3.05) is 10.6 Å². The van der Waals surface area contributed by atoms with Crippen molar-refractivity contribution in [1.82, 2.24) is 0 Å². The van der Waals surface area contributed by atoms with Gasteiger partial charge in [-0.3, -0.25) is 0 Å². The van der Waals surface area contributed by atoms with Gasteiger partial charge in [0, 0.05) is 11.4 Å². The second-order valence-corrected chi connectivity index (χ2v) is 4.42. The van der Waals surface area contributed by atoms with Crippen LogP contribution in [0.25, 0.3) is 0 Å². The van der Waals surface area contributed by atoms with E-state index in [1.807, 2.05) is 0 Å². The number of amides is 2. The molecule has 3 N–H and O–H groups in total. The number of halogens is 1. The van der Waals surface area contributed by atoms with Gasteiger partial charge in [0.05, 0.1) is 5.56 Å². The van der Waals surface area contributed by atoms with Crippen molar-refractivity contribution in [2.45, 2.75) is 6.92 Å². The Hall–Kier alpha value is -2.89. The largest absolute Gasteiger partial charge is 0.478 e. The van der Waals surface area contributed by atoms with Gasteiger partial charge in [-0.1, -0.05) is 6.07 Å². The molecule has 0 spiro atoms. The fraction of sp³-hybridized carbons (Fsp3) is 0.0667. The SMILES string of the molecule is Cc1ccc(NC(=O)Nc2ccc(F)cc2)cc1C(=O)O. The molecule has 0 saturated heterocycles. The van der Waals surface area contributed by atoms with Crippen LogP contribution >= 0.6 is 0 Å². The molecule has 0 aliphatic heterocycles. The Kier molecular flexibility index (Phi) is 4.18. The highest BCUT2D eigenvalue weighted by atomic mass is 19.1. The molecule has 2 rings (SSSR count). The molecule has 2 amide bonds. The van der Waals surface area contributed by atoms with Crippen molar-refractivity contribution in [1.29, 1.82) is 0 Å². The standard InChI is InChI=1S/C15H13FN2O3/c1-9-2-5-12(8-13(9)14(19)20)18-15(21)17-11-6-3-10(16)4-7-11/h2-8H,1H3,(H,19,20)(H2,17,18,21). The average Bonchev–Trinajstić information content (AvgIpc) is 2.43. The van der Waals surface area contributed by atoms with Crippen molar-refractivity contribution >= 4 is 23.4 Å². The lowest BCUT2D eigenvalue weighted by Crippen LogP contribution is -2.19. The Morgan fingerprint density at radius 3 is 2.19 bits per heavy atom. The maximum atomic E-state index is 12.7. The second kappa shape index (κ2) is 6.04. The van der Waals surface area contributed by atoms with Gasteiger partial charge in [-0.15, -0.1) is 0 Å². The highest BCUT2D eigenvalue weighted by molar-refractivity contribution is 6.00. The van der Waals surface area contributed by atoms with Crippen LogP contribution < -0.4 is 10.6 Å². The summed E-state index contributed by atoms with van der Waals surface area (Å²) in [6.45, 7) is 1.67. The number of urea groups is 1. The van der Waals surface area contributed by atoms with Crippen LogP contribution in [0, 0.1) is 12.7 Å². The van der Waals surface area contributed by atoms with Gasteiger partial charge in [0.1, 0.15) is 5.82 Å². The van der Waals surface area contributed by atoms with Crippen LogP contribution in [0.5, 0.6) is 0 Å². The molecule has 6 heteroatoms. The minimum atomic E-state index is -1.06. The molecular weight excluding hydrogens is 275 g/mol. The minimum absolute atomic E-state index is 0.120. The lowest BCUT2D eigenvalue weighted by Gasteiger charge is -2.09. The number of carboxylic acids is 1. The van der Waals surface area contributed by atoms with E-state index in [2.05, 4.69) is 10.6 Å². The highest BCUT2D eigenvalue weighted by Crippen LogP contribution is 2.16. The molecule has 0 aliphatic rings. The maximum absolute atomic E-state index is 12.7. The molecule has 0 atom stereocenters. The van der Waals surface area contributed by atoms with Crippen molar-refractivity contribution in [2.24, 2.45) is 0 Å². The Labute approximate surface area is 120 Å². The molecule has 0 heterocycles. The van der Waals surface area contributed by atoms with Crippen molar-refractivity contribution in [3.8, 4) is 0 Å². The molecule has 0 saturated carbocycles. The molecule has 5 nitrogen and oxygen atoms in total. The summed E-state index contributed by atoms with van der Waals surface area (Å²) in [5, 5.41) is 14.1. The molecule has 2 aromatic rings. The second-order valence-electron chi connectivity index (χ2n) is 4.42. The van der Waals surface area contributed by atoms with Gasteiger partial charge < -0.3 is 15.7 Å². The predicted octanol–water partition coefficient (Wildman–Crippen LogP) is 3.48. The van der Waals surface area contributed by atoms with Gasteiger partial charge in [-0.25, -0.2) is 14.0 Å². The molecule has 0 aliphatic carbocycles. The normalized spacial score (nSPS) is 10.0. The summed E-state index contributed by atoms with van der Waals surface area (Å²) in [5.74, 6) is -1.46. The topological polar surface area (TPSA) is 78.4 Å². The minimum Gasteiger partial charge on any atom is -0.478 e. The number of benzene rings is 2. The summed E-state index contributed by atoms with van der Waals surface area (Å²) in [7, 11) is 0. The molecule has 0 radical (unpaired) electrons. The number of hydrogen-bond donors (Lipinski definition) is 3. The molecular formula is C15H13FN2O3. The van der Waals surface area contributed by atoms with Crippen molar-refractivity contribution in [3.63, 3.8) is 0 Å². The summed E-state index contributed by atoms with van der Waals surface area (Å²) in [4.78, 5) is 22.8. The monoisotopic (exact) mass is 288 g/mol. The zero-order valence-corrected chi connectivity index (χ0v) is 11.2. The first-order valence-corrected chi connectivity index (χ1v) is 6.13. The number of carbonyl (C=O) groups excluding carboxylic acids is 1. The maximum Gasteiger partial charge on any atom is 0.336 e. The van der Waals surface area contributed by atoms with E-state index < -0.39 is 17.8 Å². The lowest BCUT2D eigenvalue weighted by molar-refractivity contribution is 0.0696. The quantitative estimate of drug-likeness (QED) is 0.809. The Balaban J connectivity index is 2.07. The number of carbonyl (C=O) groups is 2. The fourth-order valence-electron chi connectivity index (χ4n) is 1.76. The van der Waals surface area contributed by atoms with Crippen LogP contribution in [0.15, 0.2) is 42.5 Å². The van der Waals surface area contributed by atoms with Gasteiger partial charge in [0.15, 0.2) is 0 Å². The number of hydrogen-bond acceptors (Lipinski definition) is 2. The summed E-state index contributed by atoms with van der Waals surface area (Å²) in [6, 6.07) is 9.35. The zero-order chi connectivity index (χ0) is 15.4. The van der Waals surface area contributed by atoms with Gasteiger partial charge in [-0.2, -0.15) is 0 Å². The smallest absolute Gasteiger partial charge is 0.336 e. The third-order valence-corrected chi connectivity index (χ3v) is 2.83. The first-order valence-electron chi connectivity index (χ1n) is 6.13. The molecule has 2 aromatic carbocycles. The zero-order valence-electron chi connectivity index (χ0n) is 11.2. The van der Waals surface area contributed by atoms with E-state index in [1.165, 1.54) is 30.3 Å². The summed E-state index contributed by atoms with van der Waals surface area (Å²) < 4.78 is 12.7. The third kappa shape index (κ3) is 3.79. The van der Waals surface area contributed by atoms with Gasteiger partial charge >= 0.3 is 12.0 Å². The Morgan fingerprint density at radius 2 is 1.57 bits per heavy atom. The van der Waals surface area contributed by atoms with Crippen molar-refractivity contribution in [3.05, 3.63) is 59.4 Å². The van der Waals surface area contributed by atoms with E-state index in [0.717, 1.165) is 0 Å². The van der Waals surface area contributed by atoms with Gasteiger partial charge in [0.2, 0.25) is 0 Å². The highest BCUT2D eigenvalue weighted by Gasteiger charge is 2.09. The van der Waals surface area contributed by atoms with Crippen molar-refractivity contribution < 1.29 is 19.1 Å². The number of carboxylic acid groups (broad SMARTS) is 1. The first kappa shape index (κ1) is 14.5. The van der Waals surface area contributed by atoms with E-state index in [-0.39, 0.29) is 5.56 Å². The summed E-state index contributed by atoms with van der Waals surface area (Å²) in [5.41, 5.74) is 1.51. The molecule has 0 fully saturated rings. The molecule has 21 heavy (non-hydrogen) atoms. The molecule has 108 valence electrons. The average molecular weight is 288 g/mol. The number of nitrogens with one attached hydrogen (secondary N) is 2. The van der Waals surface area contributed by atoms with Crippen LogP contribution in [0.2, 0.25) is 0 Å². The Bertz CT molecular complexity index is 684. The van der Waals surface area contributed by atoms with E-state index in [0.29, 0.717) is 16.9 Å². The summed E-state index contributed by atoms with van der Waals surface area (Å²) in [6.07, 6.45) is 0. The van der Waals surface area contributed by atoms with Crippen LogP contribution in [-0.4, -0.2) is 17.1 Å². The van der Waals surface area contributed by atoms with E-state index in [1.54, 1.807) is 19.1 Å². The Morgan fingerprint density at radius 1 is 1.00 bits per heavy atom. The third-order valence-electron chi connectivity index (χ3n) is 2.83. The first-order chi connectivity index (χ1) is 9.95. The van der Waals surface area contributed by atoms with E-state index in [4.69, 9.17) is 5.11 Å².